The van der Waals surface area contributed by atoms with Gasteiger partial charge in [-0.25, -0.2) is 0 Å². The SMILES string of the molecule is CN(C)C(CNC(=O)/C=C/c1ccccc1)c1ccccc1. The second kappa shape index (κ2) is 8.15. The van der Waals surface area contributed by atoms with Gasteiger partial charge in [-0.05, 0) is 31.3 Å². The molecule has 0 saturated heterocycles. The van der Waals surface area contributed by atoms with Crippen molar-refractivity contribution in [3.05, 3.63) is 77.9 Å². The highest BCUT2D eigenvalue weighted by atomic mass is 16.1. The zero-order chi connectivity index (χ0) is 15.8. The van der Waals surface area contributed by atoms with Crippen LogP contribution in [0.4, 0.5) is 0 Å². The van der Waals surface area contributed by atoms with Gasteiger partial charge in [0, 0.05) is 12.6 Å². The van der Waals surface area contributed by atoms with Crippen LogP contribution in [0.5, 0.6) is 0 Å². The van der Waals surface area contributed by atoms with E-state index < -0.39 is 0 Å². The van der Waals surface area contributed by atoms with Gasteiger partial charge in [-0.15, -0.1) is 0 Å². The van der Waals surface area contributed by atoms with Crippen LogP contribution in [0.15, 0.2) is 66.7 Å². The zero-order valence-electron chi connectivity index (χ0n) is 13.1. The Morgan fingerprint density at radius 1 is 1.05 bits per heavy atom. The standard InChI is InChI=1S/C19H22N2O/c1-21(2)18(17-11-7-4-8-12-17)15-20-19(22)14-13-16-9-5-3-6-10-16/h3-14,18H,15H2,1-2H3,(H,20,22)/b14-13+. The molecule has 0 aliphatic carbocycles. The van der Waals surface area contributed by atoms with Gasteiger partial charge in [0.15, 0.2) is 0 Å². The fourth-order valence-corrected chi connectivity index (χ4v) is 2.27. The summed E-state index contributed by atoms with van der Waals surface area (Å²) >= 11 is 0. The van der Waals surface area contributed by atoms with Crippen LogP contribution in [0.1, 0.15) is 17.2 Å². The molecule has 2 aromatic rings. The number of likely N-dealkylation sites (N-methyl/N-ethyl adjacent to an activating group) is 1. The molecule has 0 bridgehead atoms. The lowest BCUT2D eigenvalue weighted by Crippen LogP contribution is -2.33. The van der Waals surface area contributed by atoms with Crippen molar-refractivity contribution in [2.45, 2.75) is 6.04 Å². The van der Waals surface area contributed by atoms with Crippen molar-refractivity contribution in [3.8, 4) is 0 Å². The molecule has 0 radical (unpaired) electrons. The third-order valence-corrected chi connectivity index (χ3v) is 3.50. The minimum absolute atomic E-state index is 0.0772. The number of carbonyl (C=O) groups excluding carboxylic acids is 1. The maximum Gasteiger partial charge on any atom is 0.244 e. The van der Waals surface area contributed by atoms with Gasteiger partial charge in [0.2, 0.25) is 5.91 Å². The molecule has 0 aliphatic heterocycles. The maximum atomic E-state index is 12.0. The molecule has 0 aliphatic rings. The molecule has 0 spiro atoms. The Morgan fingerprint density at radius 3 is 2.23 bits per heavy atom. The molecule has 3 heteroatoms. The molecule has 3 nitrogen and oxygen atoms in total. The van der Waals surface area contributed by atoms with Crippen molar-refractivity contribution in [2.75, 3.05) is 20.6 Å². The Kier molecular flexibility index (Phi) is 5.92. The summed E-state index contributed by atoms with van der Waals surface area (Å²) in [6.07, 6.45) is 3.40. The predicted molar refractivity (Wildman–Crippen MR) is 91.4 cm³/mol. The molecule has 0 fully saturated rings. The number of nitrogens with zero attached hydrogens (tertiary/aromatic N) is 1. The Labute approximate surface area is 132 Å². The van der Waals surface area contributed by atoms with Gasteiger partial charge in [-0.1, -0.05) is 60.7 Å². The summed E-state index contributed by atoms with van der Waals surface area (Å²) in [5.74, 6) is -0.0772. The lowest BCUT2D eigenvalue weighted by Gasteiger charge is -2.24. The smallest absolute Gasteiger partial charge is 0.244 e. The molecular weight excluding hydrogens is 272 g/mol. The molecule has 1 atom stereocenters. The number of hydrogen-bond acceptors (Lipinski definition) is 2. The highest BCUT2D eigenvalue weighted by molar-refractivity contribution is 5.91. The largest absolute Gasteiger partial charge is 0.351 e. The molecular formula is C19H22N2O. The zero-order valence-corrected chi connectivity index (χ0v) is 13.1. The molecule has 114 valence electrons. The lowest BCUT2D eigenvalue weighted by atomic mass is 10.1. The van der Waals surface area contributed by atoms with Gasteiger partial charge in [-0.3, -0.25) is 4.79 Å². The molecule has 1 amide bonds. The topological polar surface area (TPSA) is 32.3 Å². The van der Waals surface area contributed by atoms with Gasteiger partial charge in [0.25, 0.3) is 0 Å². The van der Waals surface area contributed by atoms with Gasteiger partial charge in [0.05, 0.1) is 6.04 Å². The molecule has 1 unspecified atom stereocenters. The first-order valence-corrected chi connectivity index (χ1v) is 7.39. The van der Waals surface area contributed by atoms with Gasteiger partial charge in [-0.2, -0.15) is 0 Å². The van der Waals surface area contributed by atoms with Crippen LogP contribution in [0, 0.1) is 0 Å². The lowest BCUT2D eigenvalue weighted by molar-refractivity contribution is -0.116. The van der Waals surface area contributed by atoms with Crippen LogP contribution in [0.25, 0.3) is 6.08 Å². The molecule has 0 heterocycles. The molecule has 1 N–H and O–H groups in total. The Balaban J connectivity index is 1.92. The van der Waals surface area contributed by atoms with E-state index in [1.165, 1.54) is 5.56 Å². The van der Waals surface area contributed by atoms with Gasteiger partial charge in [0.1, 0.15) is 0 Å². The summed E-state index contributed by atoms with van der Waals surface area (Å²) in [5, 5.41) is 2.97. The van der Waals surface area contributed by atoms with Crippen molar-refractivity contribution in [1.82, 2.24) is 10.2 Å². The summed E-state index contributed by atoms with van der Waals surface area (Å²) < 4.78 is 0. The third-order valence-electron chi connectivity index (χ3n) is 3.50. The summed E-state index contributed by atoms with van der Waals surface area (Å²) in [6, 6.07) is 20.2. The Bertz CT molecular complexity index is 606. The maximum absolute atomic E-state index is 12.0. The minimum atomic E-state index is -0.0772. The number of nitrogens with one attached hydrogen (secondary N) is 1. The van der Waals surface area contributed by atoms with Crippen LogP contribution < -0.4 is 5.32 Å². The summed E-state index contributed by atoms with van der Waals surface area (Å²) in [5.41, 5.74) is 2.21. The average molecular weight is 294 g/mol. The summed E-state index contributed by atoms with van der Waals surface area (Å²) in [4.78, 5) is 14.1. The first kappa shape index (κ1) is 16.0. The Morgan fingerprint density at radius 2 is 1.64 bits per heavy atom. The van der Waals surface area contributed by atoms with Crippen LogP contribution in [0.2, 0.25) is 0 Å². The number of amides is 1. The monoisotopic (exact) mass is 294 g/mol. The first-order chi connectivity index (χ1) is 10.7. The highest BCUT2D eigenvalue weighted by Crippen LogP contribution is 2.16. The molecule has 2 rings (SSSR count). The fraction of sp³-hybridized carbons (Fsp3) is 0.211. The van der Waals surface area contributed by atoms with E-state index >= 15 is 0 Å². The van der Waals surface area contributed by atoms with Crippen molar-refractivity contribution < 1.29 is 4.79 Å². The minimum Gasteiger partial charge on any atom is -0.351 e. The van der Waals surface area contributed by atoms with Crippen molar-refractivity contribution >= 4 is 12.0 Å². The normalized spacial score (nSPS) is 12.5. The first-order valence-electron chi connectivity index (χ1n) is 7.39. The number of carbonyl (C=O) groups is 1. The quantitative estimate of drug-likeness (QED) is 0.830. The number of benzene rings is 2. The van der Waals surface area contributed by atoms with E-state index in [0.717, 1.165) is 5.56 Å². The average Bonchev–Trinajstić information content (AvgIpc) is 2.55. The second-order valence-electron chi connectivity index (χ2n) is 5.38. The van der Waals surface area contributed by atoms with Crippen molar-refractivity contribution in [2.24, 2.45) is 0 Å². The molecule has 22 heavy (non-hydrogen) atoms. The van der Waals surface area contributed by atoms with E-state index in [0.29, 0.717) is 6.54 Å². The van der Waals surface area contributed by atoms with Crippen LogP contribution >= 0.6 is 0 Å². The second-order valence-corrected chi connectivity index (χ2v) is 5.38. The highest BCUT2D eigenvalue weighted by Gasteiger charge is 2.13. The van der Waals surface area contributed by atoms with Crippen molar-refractivity contribution in [3.63, 3.8) is 0 Å². The third kappa shape index (κ3) is 4.86. The van der Waals surface area contributed by atoms with E-state index in [4.69, 9.17) is 0 Å². The molecule has 0 aromatic heterocycles. The van der Waals surface area contributed by atoms with E-state index in [1.54, 1.807) is 6.08 Å². The summed E-state index contributed by atoms with van der Waals surface area (Å²) in [6.45, 7) is 0.578. The number of hydrogen-bond donors (Lipinski definition) is 1. The van der Waals surface area contributed by atoms with Crippen LogP contribution in [-0.4, -0.2) is 31.4 Å². The van der Waals surface area contributed by atoms with Crippen LogP contribution in [0.3, 0.4) is 0 Å². The van der Waals surface area contributed by atoms with E-state index in [-0.39, 0.29) is 11.9 Å². The predicted octanol–water partition coefficient (Wildman–Crippen LogP) is 3.12. The molecule has 0 saturated carbocycles. The molecule has 2 aromatic carbocycles. The fourth-order valence-electron chi connectivity index (χ4n) is 2.27. The number of rotatable bonds is 6. The van der Waals surface area contributed by atoms with E-state index in [9.17, 15) is 4.79 Å². The Hall–Kier alpha value is -2.39. The van der Waals surface area contributed by atoms with Gasteiger partial charge < -0.3 is 10.2 Å². The van der Waals surface area contributed by atoms with E-state index in [1.807, 2.05) is 68.7 Å². The van der Waals surface area contributed by atoms with Crippen LogP contribution in [-0.2, 0) is 4.79 Å². The van der Waals surface area contributed by atoms with Gasteiger partial charge >= 0.3 is 0 Å². The van der Waals surface area contributed by atoms with Crippen molar-refractivity contribution in [1.29, 1.82) is 0 Å². The summed E-state index contributed by atoms with van der Waals surface area (Å²) in [7, 11) is 4.03. The van der Waals surface area contributed by atoms with E-state index in [2.05, 4.69) is 22.3 Å².